The first-order valence-electron chi connectivity index (χ1n) is 9.80. The molecule has 5 nitrogen and oxygen atoms in total. The lowest BCUT2D eigenvalue weighted by atomic mass is 9.94. The van der Waals surface area contributed by atoms with E-state index in [1.54, 1.807) is 6.20 Å². The summed E-state index contributed by atoms with van der Waals surface area (Å²) in [6.07, 6.45) is 3.62. The number of rotatable bonds is 4. The van der Waals surface area contributed by atoms with Crippen molar-refractivity contribution < 1.29 is 9.18 Å². The lowest BCUT2D eigenvalue weighted by molar-refractivity contribution is 0.0706. The van der Waals surface area contributed by atoms with Gasteiger partial charge >= 0.3 is 0 Å². The van der Waals surface area contributed by atoms with E-state index in [1.165, 1.54) is 24.3 Å². The summed E-state index contributed by atoms with van der Waals surface area (Å²) in [5.74, 6) is 0.294. The van der Waals surface area contributed by atoms with Crippen LogP contribution < -0.4 is 5.32 Å². The zero-order chi connectivity index (χ0) is 20.2. The first-order chi connectivity index (χ1) is 14.1. The lowest BCUT2D eigenvalue weighted by Gasteiger charge is -2.32. The molecular formula is C23H23FN4O. The van der Waals surface area contributed by atoms with Crippen molar-refractivity contribution in [3.05, 3.63) is 83.4 Å². The van der Waals surface area contributed by atoms with E-state index in [4.69, 9.17) is 4.98 Å². The fourth-order valence-electron chi connectivity index (χ4n) is 3.67. The van der Waals surface area contributed by atoms with Crippen LogP contribution in [0.5, 0.6) is 0 Å². The minimum atomic E-state index is -0.340. The van der Waals surface area contributed by atoms with Crippen molar-refractivity contribution in [2.45, 2.75) is 25.7 Å². The predicted octanol–water partition coefficient (Wildman–Crippen LogP) is 4.69. The van der Waals surface area contributed by atoms with E-state index >= 15 is 0 Å². The highest BCUT2D eigenvalue weighted by molar-refractivity contribution is 5.94. The van der Waals surface area contributed by atoms with E-state index in [1.807, 2.05) is 42.2 Å². The van der Waals surface area contributed by atoms with Gasteiger partial charge < -0.3 is 10.2 Å². The number of likely N-dealkylation sites (tertiary alicyclic amines) is 1. The van der Waals surface area contributed by atoms with Gasteiger partial charge in [-0.15, -0.1) is 0 Å². The molecular weight excluding hydrogens is 367 g/mol. The van der Waals surface area contributed by atoms with E-state index in [0.29, 0.717) is 24.6 Å². The molecule has 1 atom stereocenters. The first kappa shape index (κ1) is 19.1. The van der Waals surface area contributed by atoms with E-state index < -0.39 is 0 Å². The van der Waals surface area contributed by atoms with Gasteiger partial charge in [0.25, 0.3) is 5.91 Å². The van der Waals surface area contributed by atoms with Crippen molar-refractivity contribution in [3.63, 3.8) is 0 Å². The Kier molecular flexibility index (Phi) is 5.51. The molecule has 0 spiro atoms. The summed E-state index contributed by atoms with van der Waals surface area (Å²) in [4.78, 5) is 23.7. The van der Waals surface area contributed by atoms with Gasteiger partial charge in [0.05, 0.1) is 5.69 Å². The zero-order valence-electron chi connectivity index (χ0n) is 16.3. The molecule has 2 heterocycles. The number of aryl methyl sites for hydroxylation is 1. The Balaban J connectivity index is 1.49. The molecule has 148 valence electrons. The van der Waals surface area contributed by atoms with E-state index in [-0.39, 0.29) is 17.6 Å². The normalized spacial score (nSPS) is 16.5. The number of nitrogens with one attached hydrogen (secondary N) is 1. The number of carbonyl (C=O) groups excluding carboxylic acids is 1. The fourth-order valence-corrected chi connectivity index (χ4v) is 3.67. The van der Waals surface area contributed by atoms with Crippen LogP contribution >= 0.6 is 0 Å². The Morgan fingerprint density at radius 1 is 1.14 bits per heavy atom. The Labute approximate surface area is 169 Å². The average Bonchev–Trinajstić information content (AvgIpc) is 2.76. The zero-order valence-corrected chi connectivity index (χ0v) is 16.3. The van der Waals surface area contributed by atoms with Crippen molar-refractivity contribution in [1.29, 1.82) is 0 Å². The van der Waals surface area contributed by atoms with Crippen molar-refractivity contribution in [3.8, 4) is 0 Å². The summed E-state index contributed by atoms with van der Waals surface area (Å²) in [6.45, 7) is 3.33. The molecule has 1 fully saturated rings. The molecule has 1 saturated heterocycles. The average molecular weight is 390 g/mol. The van der Waals surface area contributed by atoms with Crippen LogP contribution in [0.4, 0.5) is 16.0 Å². The minimum absolute atomic E-state index is 0.0676. The highest BCUT2D eigenvalue weighted by Crippen LogP contribution is 2.27. The molecule has 0 unspecified atom stereocenters. The maximum atomic E-state index is 13.1. The summed E-state index contributed by atoms with van der Waals surface area (Å²) in [5, 5.41) is 3.28. The SMILES string of the molecule is Cc1ccccc1Nc1nccc([C@@H]2CCCN(C(=O)c3ccc(F)cc3)C2)n1. The van der Waals surface area contributed by atoms with Crippen molar-refractivity contribution >= 4 is 17.5 Å². The quantitative estimate of drug-likeness (QED) is 0.702. The summed E-state index contributed by atoms with van der Waals surface area (Å²) in [5.41, 5.74) is 3.53. The van der Waals surface area contributed by atoms with E-state index in [0.717, 1.165) is 29.8 Å². The van der Waals surface area contributed by atoms with Gasteiger partial charge in [-0.1, -0.05) is 18.2 Å². The largest absolute Gasteiger partial charge is 0.338 e. The summed E-state index contributed by atoms with van der Waals surface area (Å²) in [6, 6.07) is 15.6. The second kappa shape index (κ2) is 8.39. The van der Waals surface area contributed by atoms with E-state index in [9.17, 15) is 9.18 Å². The number of carbonyl (C=O) groups is 1. The highest BCUT2D eigenvalue weighted by atomic mass is 19.1. The van der Waals surface area contributed by atoms with Crippen LogP contribution in [0.1, 0.15) is 40.4 Å². The van der Waals surface area contributed by atoms with Crippen molar-refractivity contribution in [1.82, 2.24) is 14.9 Å². The van der Waals surface area contributed by atoms with Crippen LogP contribution in [-0.2, 0) is 0 Å². The molecule has 6 heteroatoms. The third-order valence-corrected chi connectivity index (χ3v) is 5.29. The maximum Gasteiger partial charge on any atom is 0.253 e. The van der Waals surface area contributed by atoms with Gasteiger partial charge in [-0.25, -0.2) is 14.4 Å². The Hall–Kier alpha value is -3.28. The summed E-state index contributed by atoms with van der Waals surface area (Å²) < 4.78 is 13.1. The Morgan fingerprint density at radius 2 is 1.93 bits per heavy atom. The Morgan fingerprint density at radius 3 is 2.72 bits per heavy atom. The molecule has 1 aromatic heterocycles. The third-order valence-electron chi connectivity index (χ3n) is 5.29. The van der Waals surface area contributed by atoms with Gasteiger partial charge in [-0.05, 0) is 61.7 Å². The minimum Gasteiger partial charge on any atom is -0.338 e. The molecule has 4 rings (SSSR count). The van der Waals surface area contributed by atoms with Crippen molar-refractivity contribution in [2.24, 2.45) is 0 Å². The van der Waals surface area contributed by atoms with Gasteiger partial charge in [0.15, 0.2) is 0 Å². The molecule has 0 bridgehead atoms. The molecule has 2 aromatic carbocycles. The highest BCUT2D eigenvalue weighted by Gasteiger charge is 2.26. The predicted molar refractivity (Wildman–Crippen MR) is 111 cm³/mol. The van der Waals surface area contributed by atoms with Gasteiger partial charge in [0.1, 0.15) is 5.82 Å². The van der Waals surface area contributed by atoms with Crippen LogP contribution in [0.3, 0.4) is 0 Å². The van der Waals surface area contributed by atoms with Crippen LogP contribution in [0, 0.1) is 12.7 Å². The number of anilines is 2. The van der Waals surface area contributed by atoms with E-state index in [2.05, 4.69) is 10.3 Å². The fraction of sp³-hybridized carbons (Fsp3) is 0.261. The third kappa shape index (κ3) is 4.42. The molecule has 1 aliphatic rings. The summed E-state index contributed by atoms with van der Waals surface area (Å²) in [7, 11) is 0. The van der Waals surface area contributed by atoms with Crippen LogP contribution in [0.15, 0.2) is 60.8 Å². The Bertz CT molecular complexity index is 1010. The second-order valence-electron chi connectivity index (χ2n) is 7.34. The number of amides is 1. The number of hydrogen-bond acceptors (Lipinski definition) is 4. The van der Waals surface area contributed by atoms with Crippen molar-refractivity contribution in [2.75, 3.05) is 18.4 Å². The number of aromatic nitrogens is 2. The number of halogens is 1. The lowest BCUT2D eigenvalue weighted by Crippen LogP contribution is -2.39. The number of benzene rings is 2. The molecule has 29 heavy (non-hydrogen) atoms. The smallest absolute Gasteiger partial charge is 0.253 e. The van der Waals surface area contributed by atoms with Crippen LogP contribution in [0.2, 0.25) is 0 Å². The molecule has 0 radical (unpaired) electrons. The number of piperidine rings is 1. The first-order valence-corrected chi connectivity index (χ1v) is 9.80. The monoisotopic (exact) mass is 390 g/mol. The van der Waals surface area contributed by atoms with Crippen LogP contribution in [-0.4, -0.2) is 33.9 Å². The van der Waals surface area contributed by atoms with Gasteiger partial charge in [-0.3, -0.25) is 4.79 Å². The molecule has 1 aliphatic heterocycles. The topological polar surface area (TPSA) is 58.1 Å². The van der Waals surface area contributed by atoms with Gasteiger partial charge in [0, 0.05) is 36.5 Å². The molecule has 0 saturated carbocycles. The summed E-state index contributed by atoms with van der Waals surface area (Å²) >= 11 is 0. The number of hydrogen-bond donors (Lipinski definition) is 1. The number of nitrogens with zero attached hydrogens (tertiary/aromatic N) is 3. The number of para-hydroxylation sites is 1. The maximum absolute atomic E-state index is 13.1. The second-order valence-corrected chi connectivity index (χ2v) is 7.34. The van der Waals surface area contributed by atoms with Gasteiger partial charge in [0.2, 0.25) is 5.95 Å². The molecule has 1 N–H and O–H groups in total. The standard InChI is InChI=1S/C23H23FN4O/c1-16-5-2-3-7-20(16)26-23-25-13-12-21(27-23)18-6-4-14-28(15-18)22(29)17-8-10-19(24)11-9-17/h2-3,5,7-13,18H,4,6,14-15H2,1H3,(H,25,26,27)/t18-/m1/s1. The van der Waals surface area contributed by atoms with Gasteiger partial charge in [-0.2, -0.15) is 0 Å². The molecule has 3 aromatic rings. The molecule has 0 aliphatic carbocycles. The molecule has 1 amide bonds. The van der Waals surface area contributed by atoms with Crippen LogP contribution in [0.25, 0.3) is 0 Å².